The van der Waals surface area contributed by atoms with Crippen LogP contribution in [0, 0.1) is 5.41 Å². The van der Waals surface area contributed by atoms with E-state index in [1.54, 1.807) is 0 Å². The summed E-state index contributed by atoms with van der Waals surface area (Å²) in [5.74, 6) is -0.0775. The summed E-state index contributed by atoms with van der Waals surface area (Å²) in [5.41, 5.74) is -0.549. The smallest absolute Gasteiger partial charge is 0.246 e. The summed E-state index contributed by atoms with van der Waals surface area (Å²) in [6.07, 6.45) is 2.29. The lowest BCUT2D eigenvalue weighted by molar-refractivity contribution is -0.184. The van der Waals surface area contributed by atoms with E-state index in [0.717, 1.165) is 6.54 Å². The summed E-state index contributed by atoms with van der Waals surface area (Å²) >= 11 is 7.72. The van der Waals surface area contributed by atoms with Crippen LogP contribution in [-0.4, -0.2) is 65.3 Å². The molecule has 5 atom stereocenters. The van der Waals surface area contributed by atoms with E-state index in [1.807, 2.05) is 11.8 Å². The van der Waals surface area contributed by atoms with Crippen molar-refractivity contribution in [2.45, 2.75) is 79.3 Å². The fourth-order valence-electron chi connectivity index (χ4n) is 5.05. The third-order valence-electron chi connectivity index (χ3n) is 6.49. The minimum atomic E-state index is -1.07. The summed E-state index contributed by atoms with van der Waals surface area (Å²) in [4.78, 5) is 24.7. The Labute approximate surface area is 174 Å². The van der Waals surface area contributed by atoms with Gasteiger partial charge in [0.25, 0.3) is 0 Å². The summed E-state index contributed by atoms with van der Waals surface area (Å²) < 4.78 is 19.2. The SMILES string of the molecule is CC1CNC(CNC(=O)C23CC(NC(=O)COC4CCC(Cl)C(F)C4)(C2)C3)S1. The van der Waals surface area contributed by atoms with Gasteiger partial charge in [-0.25, -0.2) is 4.39 Å². The molecule has 0 spiro atoms. The number of carbonyl (C=O) groups excluding carboxylic acids is 2. The van der Waals surface area contributed by atoms with Gasteiger partial charge in [-0.1, -0.05) is 6.92 Å². The molecular formula is C19H29ClFN3O3S. The molecule has 2 bridgehead atoms. The Morgan fingerprint density at radius 2 is 2.07 bits per heavy atom. The lowest BCUT2D eigenvalue weighted by Crippen LogP contribution is -2.78. The molecule has 5 rings (SSSR count). The molecule has 4 saturated carbocycles. The Kier molecular flexibility index (Phi) is 5.86. The van der Waals surface area contributed by atoms with E-state index in [2.05, 4.69) is 22.9 Å². The highest BCUT2D eigenvalue weighted by molar-refractivity contribution is 8.00. The molecule has 1 heterocycles. The lowest BCUT2D eigenvalue weighted by atomic mass is 9.39. The summed E-state index contributed by atoms with van der Waals surface area (Å²) in [7, 11) is 0. The van der Waals surface area contributed by atoms with Gasteiger partial charge in [-0.3, -0.25) is 9.59 Å². The second kappa shape index (κ2) is 7.93. The number of nitrogens with one attached hydrogen (secondary N) is 3. The van der Waals surface area contributed by atoms with Crippen LogP contribution in [0.1, 0.15) is 45.4 Å². The van der Waals surface area contributed by atoms with E-state index in [1.165, 1.54) is 0 Å². The van der Waals surface area contributed by atoms with Crippen LogP contribution in [0.3, 0.4) is 0 Å². The number of amides is 2. The second-order valence-corrected chi connectivity index (χ2v) is 11.2. The summed E-state index contributed by atoms with van der Waals surface area (Å²) in [5, 5.41) is 9.90. The van der Waals surface area contributed by atoms with Gasteiger partial charge >= 0.3 is 0 Å². The van der Waals surface area contributed by atoms with Crippen LogP contribution in [0.15, 0.2) is 0 Å². The molecule has 4 aliphatic carbocycles. The first-order valence-electron chi connectivity index (χ1n) is 10.2. The number of hydrogen-bond acceptors (Lipinski definition) is 5. The Morgan fingerprint density at radius 3 is 2.71 bits per heavy atom. The monoisotopic (exact) mass is 433 g/mol. The molecule has 0 aromatic carbocycles. The van der Waals surface area contributed by atoms with Crippen molar-refractivity contribution in [1.82, 2.24) is 16.0 Å². The molecule has 2 amide bonds. The Hall–Kier alpha value is -0.570. The first kappa shape index (κ1) is 20.7. The van der Waals surface area contributed by atoms with E-state index in [9.17, 15) is 14.0 Å². The van der Waals surface area contributed by atoms with Gasteiger partial charge in [0.1, 0.15) is 12.8 Å². The lowest BCUT2D eigenvalue weighted by Gasteiger charge is -2.69. The van der Waals surface area contributed by atoms with Crippen molar-refractivity contribution >= 4 is 35.2 Å². The van der Waals surface area contributed by atoms with Crippen molar-refractivity contribution in [2.75, 3.05) is 19.7 Å². The van der Waals surface area contributed by atoms with E-state index in [0.29, 0.717) is 43.9 Å². The minimum Gasteiger partial charge on any atom is -0.368 e. The molecule has 28 heavy (non-hydrogen) atoms. The van der Waals surface area contributed by atoms with E-state index in [4.69, 9.17) is 16.3 Å². The molecular weight excluding hydrogens is 405 g/mol. The van der Waals surface area contributed by atoms with Gasteiger partial charge in [0.05, 0.1) is 22.3 Å². The molecule has 6 nitrogen and oxygen atoms in total. The highest BCUT2D eigenvalue weighted by Gasteiger charge is 2.72. The maximum Gasteiger partial charge on any atom is 0.246 e. The third kappa shape index (κ3) is 4.16. The third-order valence-corrected chi connectivity index (χ3v) is 8.27. The summed E-state index contributed by atoms with van der Waals surface area (Å²) in [6, 6.07) is 0. The number of ether oxygens (including phenoxy) is 1. The average molecular weight is 434 g/mol. The van der Waals surface area contributed by atoms with Crippen LogP contribution in [0.2, 0.25) is 0 Å². The van der Waals surface area contributed by atoms with E-state index in [-0.39, 0.29) is 47.3 Å². The van der Waals surface area contributed by atoms with Crippen LogP contribution < -0.4 is 16.0 Å². The van der Waals surface area contributed by atoms with E-state index >= 15 is 0 Å². The van der Waals surface area contributed by atoms with Crippen LogP contribution in [0.4, 0.5) is 4.39 Å². The van der Waals surface area contributed by atoms with Gasteiger partial charge in [0.2, 0.25) is 11.8 Å². The number of carbonyl (C=O) groups is 2. The number of hydrogen-bond donors (Lipinski definition) is 3. The highest BCUT2D eigenvalue weighted by Crippen LogP contribution is 2.67. The molecule has 1 saturated heterocycles. The van der Waals surface area contributed by atoms with Gasteiger partial charge in [-0.15, -0.1) is 23.4 Å². The van der Waals surface area contributed by atoms with Crippen LogP contribution in [-0.2, 0) is 14.3 Å². The molecule has 5 aliphatic rings. The zero-order chi connectivity index (χ0) is 19.9. The molecule has 9 heteroatoms. The molecule has 5 unspecified atom stereocenters. The zero-order valence-electron chi connectivity index (χ0n) is 16.1. The fraction of sp³-hybridized carbons (Fsp3) is 0.895. The van der Waals surface area contributed by atoms with Crippen LogP contribution in [0.25, 0.3) is 0 Å². The predicted molar refractivity (Wildman–Crippen MR) is 107 cm³/mol. The van der Waals surface area contributed by atoms with Crippen molar-refractivity contribution in [3.63, 3.8) is 0 Å². The maximum atomic E-state index is 13.6. The van der Waals surface area contributed by atoms with Crippen molar-refractivity contribution < 1.29 is 18.7 Å². The number of halogens is 2. The van der Waals surface area contributed by atoms with Gasteiger partial charge in [0.15, 0.2) is 0 Å². The fourth-order valence-corrected chi connectivity index (χ4v) is 6.40. The molecule has 1 aliphatic heterocycles. The Morgan fingerprint density at radius 1 is 1.32 bits per heavy atom. The minimum absolute atomic E-state index is 0.0615. The quantitative estimate of drug-likeness (QED) is 0.533. The first-order valence-corrected chi connectivity index (χ1v) is 11.6. The normalized spacial score (nSPS) is 44.3. The zero-order valence-corrected chi connectivity index (χ0v) is 17.7. The number of thioether (sulfide) groups is 1. The van der Waals surface area contributed by atoms with Gasteiger partial charge < -0.3 is 20.7 Å². The summed E-state index contributed by atoms with van der Waals surface area (Å²) in [6.45, 7) is 3.74. The molecule has 0 radical (unpaired) electrons. The molecule has 158 valence electrons. The standard InChI is InChI=1S/C19H29ClFN3O3S/c1-11-5-22-16(28-11)6-23-17(26)18-8-19(9-18,10-18)24-15(25)7-27-12-2-3-13(20)14(21)4-12/h11-14,16,22H,2-10H2,1H3,(H,23,26)(H,24,25). The Bertz CT molecular complexity index is 620. The number of alkyl halides is 2. The average Bonchev–Trinajstić information content (AvgIpc) is 3.01. The second-order valence-electron chi connectivity index (χ2n) is 8.97. The molecule has 3 N–H and O–H groups in total. The number of rotatable bonds is 7. The topological polar surface area (TPSA) is 79.5 Å². The van der Waals surface area contributed by atoms with Crippen molar-refractivity contribution in [1.29, 1.82) is 0 Å². The van der Waals surface area contributed by atoms with Crippen molar-refractivity contribution in [2.24, 2.45) is 5.41 Å². The van der Waals surface area contributed by atoms with Gasteiger partial charge in [0, 0.05) is 30.3 Å². The van der Waals surface area contributed by atoms with Crippen LogP contribution in [0.5, 0.6) is 0 Å². The Balaban J connectivity index is 1.13. The largest absolute Gasteiger partial charge is 0.368 e. The predicted octanol–water partition coefficient (Wildman–Crippen LogP) is 1.71. The molecule has 5 fully saturated rings. The van der Waals surface area contributed by atoms with Crippen LogP contribution >= 0.6 is 23.4 Å². The van der Waals surface area contributed by atoms with Crippen molar-refractivity contribution in [3.8, 4) is 0 Å². The maximum absolute atomic E-state index is 13.6. The van der Waals surface area contributed by atoms with Crippen molar-refractivity contribution in [3.05, 3.63) is 0 Å². The highest BCUT2D eigenvalue weighted by atomic mass is 35.5. The molecule has 0 aromatic rings. The van der Waals surface area contributed by atoms with Gasteiger partial charge in [-0.05, 0) is 32.1 Å². The van der Waals surface area contributed by atoms with E-state index < -0.39 is 11.5 Å². The first-order chi connectivity index (χ1) is 13.3. The molecule has 0 aromatic heterocycles. The van der Waals surface area contributed by atoms with Gasteiger partial charge in [-0.2, -0.15) is 0 Å².